The van der Waals surface area contributed by atoms with Crippen LogP contribution in [0, 0.1) is 22.7 Å². The van der Waals surface area contributed by atoms with Crippen molar-refractivity contribution in [2.45, 2.75) is 6.54 Å². The van der Waals surface area contributed by atoms with Gasteiger partial charge in [-0.3, -0.25) is 4.79 Å². The number of methoxy groups -OCH3 is 1. The first-order valence-corrected chi connectivity index (χ1v) is 7.45. The molecule has 6 heteroatoms. The van der Waals surface area contributed by atoms with Crippen molar-refractivity contribution in [1.82, 2.24) is 5.32 Å². The molecule has 0 heterocycles. The summed E-state index contributed by atoms with van der Waals surface area (Å²) in [6, 6.07) is 17.9. The highest BCUT2D eigenvalue weighted by molar-refractivity contribution is 6.07. The van der Waals surface area contributed by atoms with E-state index in [0.29, 0.717) is 17.8 Å². The lowest BCUT2D eigenvalue weighted by Crippen LogP contribution is -2.17. The maximum Gasteiger partial charge on any atom is 0.267 e. The van der Waals surface area contributed by atoms with Crippen molar-refractivity contribution < 1.29 is 9.53 Å². The van der Waals surface area contributed by atoms with Crippen LogP contribution in [0.5, 0.6) is 5.75 Å². The molecule has 2 rings (SSSR count). The van der Waals surface area contributed by atoms with E-state index in [0.717, 1.165) is 11.3 Å². The van der Waals surface area contributed by atoms with E-state index in [1.165, 1.54) is 6.20 Å². The highest BCUT2D eigenvalue weighted by atomic mass is 16.5. The molecule has 0 fully saturated rings. The van der Waals surface area contributed by atoms with Crippen LogP contribution in [-0.2, 0) is 11.3 Å². The quantitative estimate of drug-likeness (QED) is 0.626. The van der Waals surface area contributed by atoms with Gasteiger partial charge in [0, 0.05) is 12.7 Å². The maximum absolute atomic E-state index is 12.2. The third-order valence-electron chi connectivity index (χ3n) is 3.35. The number of ether oxygens (including phenoxy) is 1. The second-order valence-corrected chi connectivity index (χ2v) is 5.01. The number of rotatable bonds is 6. The maximum atomic E-state index is 12.2. The molecule has 124 valence electrons. The third-order valence-corrected chi connectivity index (χ3v) is 3.35. The Morgan fingerprint density at radius 1 is 1.20 bits per heavy atom. The van der Waals surface area contributed by atoms with Crippen LogP contribution in [0.4, 0.5) is 5.69 Å². The van der Waals surface area contributed by atoms with E-state index in [1.54, 1.807) is 31.4 Å². The zero-order valence-corrected chi connectivity index (χ0v) is 13.6. The summed E-state index contributed by atoms with van der Waals surface area (Å²) in [6.07, 6.45) is 1.35. The van der Waals surface area contributed by atoms with Crippen LogP contribution >= 0.6 is 0 Å². The summed E-state index contributed by atoms with van der Waals surface area (Å²) in [5.41, 5.74) is 1.56. The van der Waals surface area contributed by atoms with Crippen LogP contribution in [0.2, 0.25) is 0 Å². The number of carbonyl (C=O) groups excluding carboxylic acids is 1. The molecule has 0 aromatic heterocycles. The molecule has 0 saturated heterocycles. The van der Waals surface area contributed by atoms with Crippen molar-refractivity contribution in [2.75, 3.05) is 12.4 Å². The monoisotopic (exact) mass is 332 g/mol. The van der Waals surface area contributed by atoms with E-state index in [9.17, 15) is 10.1 Å². The first-order valence-electron chi connectivity index (χ1n) is 7.45. The minimum Gasteiger partial charge on any atom is -0.497 e. The molecule has 0 radical (unpaired) electrons. The van der Waals surface area contributed by atoms with Gasteiger partial charge in [0.2, 0.25) is 0 Å². The number of nitriles is 2. The molecule has 2 aromatic rings. The molecule has 0 aliphatic carbocycles. The normalized spacial score (nSPS) is 10.3. The molecule has 0 saturated carbocycles. The number of hydrogen-bond acceptors (Lipinski definition) is 5. The summed E-state index contributed by atoms with van der Waals surface area (Å²) in [6.45, 7) is 0.435. The van der Waals surface area contributed by atoms with Gasteiger partial charge in [-0.25, -0.2) is 0 Å². The number of amides is 1. The molecular formula is C19H16N4O2. The minimum absolute atomic E-state index is 0.0874. The predicted octanol–water partition coefficient (Wildman–Crippen LogP) is 2.70. The topological polar surface area (TPSA) is 97.9 Å². The number of hydrogen-bond donors (Lipinski definition) is 2. The molecule has 0 aliphatic heterocycles. The molecule has 0 unspecified atom stereocenters. The Morgan fingerprint density at radius 2 is 2.00 bits per heavy atom. The van der Waals surface area contributed by atoms with Gasteiger partial charge in [-0.15, -0.1) is 0 Å². The lowest BCUT2D eigenvalue weighted by atomic mass is 10.2. The first-order chi connectivity index (χ1) is 12.2. The van der Waals surface area contributed by atoms with Gasteiger partial charge in [0.1, 0.15) is 23.5 Å². The van der Waals surface area contributed by atoms with Gasteiger partial charge >= 0.3 is 0 Å². The first kappa shape index (κ1) is 17.6. The second-order valence-electron chi connectivity index (χ2n) is 5.01. The van der Waals surface area contributed by atoms with Gasteiger partial charge in [0.25, 0.3) is 5.91 Å². The fraction of sp³-hybridized carbons (Fsp3) is 0.105. The van der Waals surface area contributed by atoms with Crippen molar-refractivity contribution in [3.8, 4) is 17.9 Å². The summed E-state index contributed by atoms with van der Waals surface area (Å²) in [5, 5.41) is 23.7. The highest BCUT2D eigenvalue weighted by Crippen LogP contribution is 2.15. The summed E-state index contributed by atoms with van der Waals surface area (Å²) < 4.78 is 5.14. The fourth-order valence-electron chi connectivity index (χ4n) is 2.08. The van der Waals surface area contributed by atoms with Crippen LogP contribution in [-0.4, -0.2) is 13.0 Å². The van der Waals surface area contributed by atoms with Crippen molar-refractivity contribution in [3.05, 3.63) is 71.4 Å². The zero-order chi connectivity index (χ0) is 18.1. The average Bonchev–Trinajstić information content (AvgIpc) is 2.65. The molecule has 0 bridgehead atoms. The van der Waals surface area contributed by atoms with E-state index in [2.05, 4.69) is 10.6 Å². The van der Waals surface area contributed by atoms with Gasteiger partial charge in [0.05, 0.1) is 18.4 Å². The van der Waals surface area contributed by atoms with E-state index >= 15 is 0 Å². The third kappa shape index (κ3) is 4.85. The second kappa shape index (κ2) is 8.76. The molecule has 0 atom stereocenters. The van der Waals surface area contributed by atoms with E-state index < -0.39 is 5.91 Å². The Balaban J connectivity index is 2.03. The molecule has 0 aliphatic rings. The average molecular weight is 332 g/mol. The van der Waals surface area contributed by atoms with E-state index in [4.69, 9.17) is 10.00 Å². The van der Waals surface area contributed by atoms with Crippen molar-refractivity contribution in [1.29, 1.82) is 10.5 Å². The SMILES string of the molecule is COc1cccc(CN/C=C(/C#N)C(=O)Nc2ccccc2C#N)c1. The standard InChI is InChI=1S/C19H16N4O2/c1-25-17-7-4-5-14(9-17)12-22-13-16(11-21)19(24)23-18-8-3-2-6-15(18)10-20/h2-9,13,22H,12H2,1H3,(H,23,24)/b16-13-. The van der Waals surface area contributed by atoms with E-state index in [-0.39, 0.29) is 5.57 Å². The molecule has 0 spiro atoms. The molecule has 25 heavy (non-hydrogen) atoms. The zero-order valence-electron chi connectivity index (χ0n) is 13.6. The number of nitrogens with zero attached hydrogens (tertiary/aromatic N) is 2. The summed E-state index contributed by atoms with van der Waals surface area (Å²) >= 11 is 0. The number of para-hydroxylation sites is 1. The molecule has 1 amide bonds. The van der Waals surface area contributed by atoms with Gasteiger partial charge in [-0.2, -0.15) is 10.5 Å². The molecule has 6 nitrogen and oxygen atoms in total. The number of carbonyl (C=O) groups is 1. The number of benzene rings is 2. The fourth-order valence-corrected chi connectivity index (χ4v) is 2.08. The smallest absolute Gasteiger partial charge is 0.267 e. The number of nitrogens with one attached hydrogen (secondary N) is 2. The lowest BCUT2D eigenvalue weighted by Gasteiger charge is -2.07. The van der Waals surface area contributed by atoms with Gasteiger partial charge in [-0.05, 0) is 29.8 Å². The van der Waals surface area contributed by atoms with Gasteiger partial charge < -0.3 is 15.4 Å². The van der Waals surface area contributed by atoms with Crippen molar-refractivity contribution in [3.63, 3.8) is 0 Å². The van der Waals surface area contributed by atoms with Crippen LogP contribution < -0.4 is 15.4 Å². The van der Waals surface area contributed by atoms with Crippen LogP contribution in [0.1, 0.15) is 11.1 Å². The highest BCUT2D eigenvalue weighted by Gasteiger charge is 2.11. The van der Waals surface area contributed by atoms with Crippen LogP contribution in [0.25, 0.3) is 0 Å². The summed E-state index contributed by atoms with van der Waals surface area (Å²) in [7, 11) is 1.59. The minimum atomic E-state index is -0.580. The van der Waals surface area contributed by atoms with E-state index in [1.807, 2.05) is 36.4 Å². The van der Waals surface area contributed by atoms with Crippen LogP contribution in [0.15, 0.2) is 60.3 Å². The molecular weight excluding hydrogens is 316 g/mol. The predicted molar refractivity (Wildman–Crippen MR) is 93.3 cm³/mol. The molecule has 2 N–H and O–H groups in total. The number of anilines is 1. The Bertz CT molecular complexity index is 875. The Morgan fingerprint density at radius 3 is 2.72 bits per heavy atom. The molecule has 2 aromatic carbocycles. The van der Waals surface area contributed by atoms with Gasteiger partial charge in [-0.1, -0.05) is 24.3 Å². The Hall–Kier alpha value is -3.77. The van der Waals surface area contributed by atoms with Crippen molar-refractivity contribution >= 4 is 11.6 Å². The largest absolute Gasteiger partial charge is 0.497 e. The lowest BCUT2D eigenvalue weighted by molar-refractivity contribution is -0.112. The summed E-state index contributed by atoms with van der Waals surface area (Å²) in [4.78, 5) is 12.2. The summed E-state index contributed by atoms with van der Waals surface area (Å²) in [5.74, 6) is 0.151. The van der Waals surface area contributed by atoms with Crippen molar-refractivity contribution in [2.24, 2.45) is 0 Å². The van der Waals surface area contributed by atoms with Gasteiger partial charge in [0.15, 0.2) is 0 Å². The van der Waals surface area contributed by atoms with Crippen LogP contribution in [0.3, 0.4) is 0 Å². The Labute approximate surface area is 146 Å². The Kier molecular flexibility index (Phi) is 6.16.